The summed E-state index contributed by atoms with van der Waals surface area (Å²) < 4.78 is 0. The third-order valence-electron chi connectivity index (χ3n) is 2.85. The molecule has 0 saturated carbocycles. The monoisotopic (exact) mass is 176 g/mol. The molecule has 2 unspecified atom stereocenters. The van der Waals surface area contributed by atoms with Gasteiger partial charge in [-0.3, -0.25) is 4.98 Å². The molecule has 1 saturated heterocycles. The molecule has 2 heteroatoms. The van der Waals surface area contributed by atoms with Crippen LogP contribution in [0.5, 0.6) is 0 Å². The van der Waals surface area contributed by atoms with Gasteiger partial charge in [0.1, 0.15) is 0 Å². The van der Waals surface area contributed by atoms with Gasteiger partial charge in [-0.05, 0) is 37.6 Å². The van der Waals surface area contributed by atoms with Crippen molar-refractivity contribution in [3.05, 3.63) is 30.1 Å². The number of hydrogen-bond donors (Lipinski definition) is 1. The molecule has 1 aromatic heterocycles. The van der Waals surface area contributed by atoms with Gasteiger partial charge in [-0.1, -0.05) is 13.0 Å². The molecule has 2 nitrogen and oxygen atoms in total. The van der Waals surface area contributed by atoms with Crippen molar-refractivity contribution in [3.8, 4) is 0 Å². The SMILES string of the molecule is CC1CNCCC1c1ccccn1. The molecule has 0 spiro atoms. The van der Waals surface area contributed by atoms with Crippen LogP contribution in [0.15, 0.2) is 24.4 Å². The van der Waals surface area contributed by atoms with Crippen LogP contribution in [0.25, 0.3) is 0 Å². The number of hydrogen-bond acceptors (Lipinski definition) is 2. The third kappa shape index (κ3) is 1.89. The molecule has 2 heterocycles. The first-order valence-corrected chi connectivity index (χ1v) is 4.99. The Morgan fingerprint density at radius 3 is 3.08 bits per heavy atom. The predicted octanol–water partition coefficient (Wildman–Crippen LogP) is 1.79. The van der Waals surface area contributed by atoms with Crippen LogP contribution in [-0.2, 0) is 0 Å². The molecular formula is C11H16N2. The normalized spacial score (nSPS) is 28.7. The van der Waals surface area contributed by atoms with E-state index in [4.69, 9.17) is 0 Å². The van der Waals surface area contributed by atoms with Gasteiger partial charge in [-0.25, -0.2) is 0 Å². The minimum Gasteiger partial charge on any atom is -0.316 e. The molecule has 70 valence electrons. The molecule has 1 aliphatic rings. The Morgan fingerprint density at radius 1 is 1.46 bits per heavy atom. The predicted molar refractivity (Wildman–Crippen MR) is 53.6 cm³/mol. The standard InChI is InChI=1S/C11H16N2/c1-9-8-12-7-5-10(9)11-4-2-3-6-13-11/h2-4,6,9-10,12H,5,7-8H2,1H3. The summed E-state index contributed by atoms with van der Waals surface area (Å²) in [6.45, 7) is 4.55. The van der Waals surface area contributed by atoms with Gasteiger partial charge in [0.2, 0.25) is 0 Å². The molecule has 0 radical (unpaired) electrons. The number of rotatable bonds is 1. The first-order valence-electron chi connectivity index (χ1n) is 4.99. The average molecular weight is 176 g/mol. The Morgan fingerprint density at radius 2 is 2.38 bits per heavy atom. The average Bonchev–Trinajstić information content (AvgIpc) is 2.20. The van der Waals surface area contributed by atoms with Crippen LogP contribution >= 0.6 is 0 Å². The zero-order valence-corrected chi connectivity index (χ0v) is 8.03. The smallest absolute Gasteiger partial charge is 0.0438 e. The van der Waals surface area contributed by atoms with Crippen LogP contribution in [0.2, 0.25) is 0 Å². The number of piperidine rings is 1. The highest BCUT2D eigenvalue weighted by Crippen LogP contribution is 2.27. The quantitative estimate of drug-likeness (QED) is 0.705. The van der Waals surface area contributed by atoms with Crippen molar-refractivity contribution < 1.29 is 0 Å². The summed E-state index contributed by atoms with van der Waals surface area (Å²) in [5.41, 5.74) is 1.26. The summed E-state index contributed by atoms with van der Waals surface area (Å²) >= 11 is 0. The minimum atomic E-state index is 0.655. The number of nitrogens with zero attached hydrogens (tertiary/aromatic N) is 1. The Kier molecular flexibility index (Phi) is 2.60. The molecule has 1 N–H and O–H groups in total. The topological polar surface area (TPSA) is 24.9 Å². The Bertz CT molecular complexity index is 258. The molecule has 0 aromatic carbocycles. The molecule has 0 aliphatic carbocycles. The Labute approximate surface area is 79.4 Å². The summed E-state index contributed by atoms with van der Waals surface area (Å²) in [5.74, 6) is 1.37. The lowest BCUT2D eigenvalue weighted by Gasteiger charge is -2.28. The second-order valence-electron chi connectivity index (χ2n) is 3.83. The molecule has 0 bridgehead atoms. The van der Waals surface area contributed by atoms with E-state index in [0.717, 1.165) is 13.1 Å². The Hall–Kier alpha value is -0.890. The summed E-state index contributed by atoms with van der Waals surface area (Å²) in [7, 11) is 0. The van der Waals surface area contributed by atoms with Crippen LogP contribution in [0.4, 0.5) is 0 Å². The largest absolute Gasteiger partial charge is 0.316 e. The second-order valence-corrected chi connectivity index (χ2v) is 3.83. The summed E-state index contributed by atoms with van der Waals surface area (Å²) in [4.78, 5) is 4.43. The maximum Gasteiger partial charge on any atom is 0.0438 e. The van der Waals surface area contributed by atoms with E-state index in [1.807, 2.05) is 12.3 Å². The van der Waals surface area contributed by atoms with Crippen molar-refractivity contribution in [2.75, 3.05) is 13.1 Å². The molecule has 0 amide bonds. The fourth-order valence-corrected chi connectivity index (χ4v) is 2.05. The Balaban J connectivity index is 2.15. The fraction of sp³-hybridized carbons (Fsp3) is 0.545. The van der Waals surface area contributed by atoms with Gasteiger partial charge in [0.25, 0.3) is 0 Å². The lowest BCUT2D eigenvalue weighted by molar-refractivity contribution is 0.344. The molecule has 13 heavy (non-hydrogen) atoms. The number of pyridine rings is 1. The highest BCUT2D eigenvalue weighted by atomic mass is 14.9. The van der Waals surface area contributed by atoms with E-state index >= 15 is 0 Å². The first kappa shape index (κ1) is 8.70. The second kappa shape index (κ2) is 3.88. The van der Waals surface area contributed by atoms with Gasteiger partial charge >= 0.3 is 0 Å². The third-order valence-corrected chi connectivity index (χ3v) is 2.85. The van der Waals surface area contributed by atoms with Crippen LogP contribution in [0, 0.1) is 5.92 Å². The molecular weight excluding hydrogens is 160 g/mol. The van der Waals surface area contributed by atoms with Gasteiger partial charge in [0.05, 0.1) is 0 Å². The van der Waals surface area contributed by atoms with Crippen LogP contribution in [-0.4, -0.2) is 18.1 Å². The first-order chi connectivity index (χ1) is 6.38. The van der Waals surface area contributed by atoms with E-state index in [2.05, 4.69) is 29.4 Å². The summed E-state index contributed by atoms with van der Waals surface area (Å²) in [6, 6.07) is 6.21. The molecule has 1 fully saturated rings. The molecule has 1 aliphatic heterocycles. The molecule has 2 rings (SSSR count). The van der Waals surface area contributed by atoms with E-state index in [-0.39, 0.29) is 0 Å². The maximum atomic E-state index is 4.43. The van der Waals surface area contributed by atoms with E-state index in [1.54, 1.807) is 0 Å². The lowest BCUT2D eigenvalue weighted by Crippen LogP contribution is -2.34. The maximum absolute atomic E-state index is 4.43. The van der Waals surface area contributed by atoms with Crippen molar-refractivity contribution in [3.63, 3.8) is 0 Å². The van der Waals surface area contributed by atoms with Gasteiger partial charge in [0.15, 0.2) is 0 Å². The van der Waals surface area contributed by atoms with Gasteiger partial charge in [-0.15, -0.1) is 0 Å². The van der Waals surface area contributed by atoms with E-state index in [1.165, 1.54) is 12.1 Å². The van der Waals surface area contributed by atoms with Crippen LogP contribution in [0.3, 0.4) is 0 Å². The van der Waals surface area contributed by atoms with Crippen molar-refractivity contribution >= 4 is 0 Å². The number of aromatic nitrogens is 1. The highest BCUT2D eigenvalue weighted by Gasteiger charge is 2.22. The molecule has 2 atom stereocenters. The molecule has 1 aromatic rings. The van der Waals surface area contributed by atoms with Gasteiger partial charge < -0.3 is 5.32 Å². The lowest BCUT2D eigenvalue weighted by atomic mass is 9.85. The zero-order valence-electron chi connectivity index (χ0n) is 8.03. The number of nitrogens with one attached hydrogen (secondary N) is 1. The highest BCUT2D eigenvalue weighted by molar-refractivity contribution is 5.11. The van der Waals surface area contributed by atoms with Crippen molar-refractivity contribution in [2.45, 2.75) is 19.3 Å². The van der Waals surface area contributed by atoms with Crippen LogP contribution in [0.1, 0.15) is 25.0 Å². The van der Waals surface area contributed by atoms with Crippen molar-refractivity contribution in [1.82, 2.24) is 10.3 Å². The van der Waals surface area contributed by atoms with Crippen LogP contribution < -0.4 is 5.32 Å². The van der Waals surface area contributed by atoms with Crippen molar-refractivity contribution in [2.24, 2.45) is 5.92 Å². The summed E-state index contributed by atoms with van der Waals surface area (Å²) in [5, 5.41) is 3.41. The van der Waals surface area contributed by atoms with E-state index < -0.39 is 0 Å². The van der Waals surface area contributed by atoms with Gasteiger partial charge in [-0.2, -0.15) is 0 Å². The fourth-order valence-electron chi connectivity index (χ4n) is 2.05. The van der Waals surface area contributed by atoms with E-state index in [9.17, 15) is 0 Å². The van der Waals surface area contributed by atoms with E-state index in [0.29, 0.717) is 11.8 Å². The zero-order chi connectivity index (χ0) is 9.10. The minimum absolute atomic E-state index is 0.655. The van der Waals surface area contributed by atoms with Gasteiger partial charge in [0, 0.05) is 17.8 Å². The van der Waals surface area contributed by atoms with Crippen molar-refractivity contribution in [1.29, 1.82) is 0 Å². The summed E-state index contributed by atoms with van der Waals surface area (Å²) in [6.07, 6.45) is 3.11.